The van der Waals surface area contributed by atoms with E-state index in [1.54, 1.807) is 0 Å². The van der Waals surface area contributed by atoms with Crippen molar-refractivity contribution < 1.29 is 0 Å². The maximum atomic E-state index is 5.99. The Morgan fingerprint density at radius 3 is 2.83 bits per heavy atom. The van der Waals surface area contributed by atoms with Gasteiger partial charge in [0.05, 0.1) is 10.5 Å². The molecular formula is C9H7BrClN. The van der Waals surface area contributed by atoms with Crippen LogP contribution in [0.25, 0.3) is 10.9 Å². The highest BCUT2D eigenvalue weighted by atomic mass is 79.9. The monoisotopic (exact) mass is 243 g/mol. The fourth-order valence-electron chi connectivity index (χ4n) is 1.33. The summed E-state index contributed by atoms with van der Waals surface area (Å²) in [5.41, 5.74) is 2.21. The molecule has 1 aromatic heterocycles. The maximum absolute atomic E-state index is 5.99. The maximum Gasteiger partial charge on any atom is 0.0657 e. The molecule has 12 heavy (non-hydrogen) atoms. The van der Waals surface area contributed by atoms with E-state index in [0.29, 0.717) is 0 Å². The summed E-state index contributed by atoms with van der Waals surface area (Å²) in [6.45, 7) is 2.06. The summed E-state index contributed by atoms with van der Waals surface area (Å²) in [4.78, 5) is 3.14. The molecule has 0 amide bonds. The van der Waals surface area contributed by atoms with Gasteiger partial charge in [-0.3, -0.25) is 0 Å². The summed E-state index contributed by atoms with van der Waals surface area (Å²) >= 11 is 9.47. The van der Waals surface area contributed by atoms with Crippen LogP contribution in [0.3, 0.4) is 0 Å². The topological polar surface area (TPSA) is 15.8 Å². The minimum atomic E-state index is 0.765. The second kappa shape index (κ2) is 2.79. The van der Waals surface area contributed by atoms with Crippen molar-refractivity contribution in [3.63, 3.8) is 0 Å². The number of aromatic amines is 1. The van der Waals surface area contributed by atoms with Crippen molar-refractivity contribution in [1.82, 2.24) is 4.98 Å². The Labute approximate surface area is 83.9 Å². The molecule has 0 fully saturated rings. The Bertz CT molecular complexity index is 433. The van der Waals surface area contributed by atoms with Crippen LogP contribution in [0, 0.1) is 6.92 Å². The third kappa shape index (κ3) is 1.06. The molecule has 2 aromatic rings. The van der Waals surface area contributed by atoms with E-state index < -0.39 is 0 Å². The Kier molecular flexibility index (Phi) is 1.89. The molecule has 1 aromatic carbocycles. The molecule has 1 nitrogen and oxygen atoms in total. The first kappa shape index (κ1) is 8.14. The van der Waals surface area contributed by atoms with E-state index in [-0.39, 0.29) is 0 Å². The summed E-state index contributed by atoms with van der Waals surface area (Å²) in [5.74, 6) is 0. The summed E-state index contributed by atoms with van der Waals surface area (Å²) < 4.78 is 1.08. The molecule has 0 bridgehead atoms. The molecule has 0 saturated heterocycles. The van der Waals surface area contributed by atoms with Gasteiger partial charge >= 0.3 is 0 Å². The summed E-state index contributed by atoms with van der Waals surface area (Å²) in [7, 11) is 0. The molecule has 0 saturated carbocycles. The average Bonchev–Trinajstić information content (AvgIpc) is 2.42. The fourth-order valence-corrected chi connectivity index (χ4v) is 2.19. The predicted molar refractivity (Wildman–Crippen MR) is 55.7 cm³/mol. The van der Waals surface area contributed by atoms with Gasteiger partial charge in [-0.2, -0.15) is 0 Å². The average molecular weight is 245 g/mol. The Hall–Kier alpha value is -0.470. The number of nitrogens with one attached hydrogen (secondary N) is 1. The molecule has 3 heteroatoms. The van der Waals surface area contributed by atoms with Crippen molar-refractivity contribution in [2.24, 2.45) is 0 Å². The van der Waals surface area contributed by atoms with E-state index >= 15 is 0 Å². The lowest BCUT2D eigenvalue weighted by atomic mass is 10.2. The van der Waals surface area contributed by atoms with Gasteiger partial charge < -0.3 is 4.98 Å². The zero-order valence-corrected chi connectivity index (χ0v) is 8.83. The van der Waals surface area contributed by atoms with Crippen LogP contribution < -0.4 is 0 Å². The number of benzene rings is 1. The molecule has 0 unspecified atom stereocenters. The molecule has 62 valence electrons. The quantitative estimate of drug-likeness (QED) is 0.724. The molecule has 2 rings (SSSR count). The van der Waals surface area contributed by atoms with Gasteiger partial charge in [0.1, 0.15) is 0 Å². The van der Waals surface area contributed by atoms with Crippen LogP contribution in [0.5, 0.6) is 0 Å². The second-order valence-electron chi connectivity index (χ2n) is 2.75. The molecule has 0 aliphatic carbocycles. The summed E-state index contributed by atoms with van der Waals surface area (Å²) in [5, 5.41) is 1.93. The molecule has 1 N–H and O–H groups in total. The number of aromatic nitrogens is 1. The number of hydrogen-bond donors (Lipinski definition) is 1. The van der Waals surface area contributed by atoms with Crippen LogP contribution >= 0.6 is 27.5 Å². The normalized spacial score (nSPS) is 10.9. The van der Waals surface area contributed by atoms with Crippen molar-refractivity contribution in [1.29, 1.82) is 0 Å². The minimum Gasteiger partial charge on any atom is -0.360 e. The van der Waals surface area contributed by atoms with Gasteiger partial charge in [0.15, 0.2) is 0 Å². The van der Waals surface area contributed by atoms with Crippen molar-refractivity contribution in [2.45, 2.75) is 6.92 Å². The van der Waals surface area contributed by atoms with E-state index in [4.69, 9.17) is 11.6 Å². The minimum absolute atomic E-state index is 0.765. The van der Waals surface area contributed by atoms with Gasteiger partial charge in [0, 0.05) is 16.1 Å². The lowest BCUT2D eigenvalue weighted by Gasteiger charge is -1.97. The molecule has 0 radical (unpaired) electrons. The van der Waals surface area contributed by atoms with Crippen LogP contribution in [0.1, 0.15) is 5.56 Å². The zero-order chi connectivity index (χ0) is 8.72. The van der Waals surface area contributed by atoms with Crippen LogP contribution in [-0.4, -0.2) is 4.98 Å². The van der Waals surface area contributed by atoms with Gasteiger partial charge in [-0.05, 0) is 24.6 Å². The summed E-state index contributed by atoms with van der Waals surface area (Å²) in [6.07, 6.45) is 1.96. The molecule has 0 aliphatic rings. The lowest BCUT2D eigenvalue weighted by molar-refractivity contribution is 1.43. The third-order valence-corrected chi connectivity index (χ3v) is 2.91. The highest BCUT2D eigenvalue weighted by Gasteiger charge is 2.06. The van der Waals surface area contributed by atoms with Gasteiger partial charge in [-0.15, -0.1) is 0 Å². The largest absolute Gasteiger partial charge is 0.360 e. The zero-order valence-electron chi connectivity index (χ0n) is 6.49. The van der Waals surface area contributed by atoms with Gasteiger partial charge in [-0.1, -0.05) is 27.5 Å². The Morgan fingerprint density at radius 1 is 1.42 bits per heavy atom. The Balaban J connectivity index is 2.98. The third-order valence-electron chi connectivity index (χ3n) is 1.93. The van der Waals surface area contributed by atoms with Gasteiger partial charge in [0.25, 0.3) is 0 Å². The molecule has 0 aliphatic heterocycles. The number of fused-ring (bicyclic) bond motifs is 1. The lowest BCUT2D eigenvalue weighted by Crippen LogP contribution is -1.73. The van der Waals surface area contributed by atoms with Gasteiger partial charge in [-0.25, -0.2) is 0 Å². The molecular weight excluding hydrogens is 237 g/mol. The van der Waals surface area contributed by atoms with Crippen LogP contribution in [0.4, 0.5) is 0 Å². The number of aryl methyl sites for hydroxylation is 1. The molecule has 1 heterocycles. The second-order valence-corrected chi connectivity index (χ2v) is 4.01. The van der Waals surface area contributed by atoms with E-state index in [1.165, 1.54) is 10.9 Å². The first-order valence-corrected chi connectivity index (χ1v) is 4.79. The van der Waals surface area contributed by atoms with Crippen LogP contribution in [0.2, 0.25) is 5.02 Å². The van der Waals surface area contributed by atoms with E-state index in [1.807, 2.05) is 18.3 Å². The number of H-pyrrole nitrogens is 1. The van der Waals surface area contributed by atoms with Crippen LogP contribution in [-0.2, 0) is 0 Å². The standard InChI is InChI=1S/C9H7BrClN/c1-5-4-12-9-7(11)3-2-6(10)8(5)9/h2-4,12H,1H3. The van der Waals surface area contributed by atoms with Crippen molar-refractivity contribution >= 4 is 38.4 Å². The van der Waals surface area contributed by atoms with E-state index in [2.05, 4.69) is 27.8 Å². The highest BCUT2D eigenvalue weighted by molar-refractivity contribution is 9.10. The number of halogens is 2. The summed E-state index contributed by atoms with van der Waals surface area (Å²) in [6, 6.07) is 3.84. The number of hydrogen-bond acceptors (Lipinski definition) is 0. The van der Waals surface area contributed by atoms with Gasteiger partial charge in [0.2, 0.25) is 0 Å². The van der Waals surface area contributed by atoms with Crippen molar-refractivity contribution in [3.05, 3.63) is 33.4 Å². The van der Waals surface area contributed by atoms with Crippen LogP contribution in [0.15, 0.2) is 22.8 Å². The Morgan fingerprint density at radius 2 is 2.17 bits per heavy atom. The number of rotatable bonds is 0. The molecule has 0 atom stereocenters. The SMILES string of the molecule is Cc1c[nH]c2c(Cl)ccc(Br)c12. The van der Waals surface area contributed by atoms with E-state index in [9.17, 15) is 0 Å². The smallest absolute Gasteiger partial charge is 0.0657 e. The first-order valence-electron chi connectivity index (χ1n) is 3.62. The first-order chi connectivity index (χ1) is 5.70. The van der Waals surface area contributed by atoms with Crippen molar-refractivity contribution in [2.75, 3.05) is 0 Å². The van der Waals surface area contributed by atoms with Crippen molar-refractivity contribution in [3.8, 4) is 0 Å². The fraction of sp³-hybridized carbons (Fsp3) is 0.111. The van der Waals surface area contributed by atoms with E-state index in [0.717, 1.165) is 15.0 Å². The molecule has 0 spiro atoms. The predicted octanol–water partition coefficient (Wildman–Crippen LogP) is 3.89. The highest BCUT2D eigenvalue weighted by Crippen LogP contribution is 2.31.